The lowest BCUT2D eigenvalue weighted by atomic mass is 10.4. The number of rotatable bonds is 0. The van der Waals surface area contributed by atoms with Crippen LogP contribution in [0, 0.1) is 13.8 Å². The van der Waals surface area contributed by atoms with Crippen LogP contribution in [-0.4, -0.2) is 40.4 Å². The molecule has 0 unspecified atom stereocenters. The molecular weight excluding hydrogens is 240 g/mol. The molecule has 0 fully saturated rings. The van der Waals surface area contributed by atoms with Gasteiger partial charge in [0.05, 0.1) is 0 Å². The summed E-state index contributed by atoms with van der Waals surface area (Å²) < 4.78 is 0. The lowest BCUT2D eigenvalue weighted by molar-refractivity contribution is 0.394. The fourth-order valence-electron chi connectivity index (χ4n) is 0.961. The highest BCUT2D eigenvalue weighted by atomic mass is 16.3. The average molecular weight is 252 g/mol. The van der Waals surface area contributed by atoms with Crippen molar-refractivity contribution < 1.29 is 20.4 Å². The van der Waals surface area contributed by atoms with Gasteiger partial charge in [-0.15, -0.1) is 0 Å². The van der Waals surface area contributed by atoms with E-state index in [4.69, 9.17) is 20.4 Å². The van der Waals surface area contributed by atoms with Crippen LogP contribution in [0.3, 0.4) is 0 Å². The second-order valence-electron chi connectivity index (χ2n) is 3.34. The van der Waals surface area contributed by atoms with Gasteiger partial charge in [0.1, 0.15) is 0 Å². The van der Waals surface area contributed by atoms with Crippen molar-refractivity contribution >= 4 is 0 Å². The number of aromatic nitrogens is 4. The minimum atomic E-state index is -0.405. The van der Waals surface area contributed by atoms with Gasteiger partial charge in [-0.1, -0.05) is 0 Å². The minimum absolute atomic E-state index is 0.178. The van der Waals surface area contributed by atoms with E-state index in [9.17, 15) is 0 Å². The molecule has 2 aromatic rings. The van der Waals surface area contributed by atoms with E-state index in [-0.39, 0.29) is 11.8 Å². The summed E-state index contributed by atoms with van der Waals surface area (Å²) in [7, 11) is 0. The van der Waals surface area contributed by atoms with Crippen LogP contribution >= 0.6 is 0 Å². The topological polar surface area (TPSA) is 132 Å². The first kappa shape index (κ1) is 13.4. The van der Waals surface area contributed by atoms with E-state index >= 15 is 0 Å². The van der Waals surface area contributed by atoms with Crippen molar-refractivity contribution in [3.05, 3.63) is 23.5 Å². The van der Waals surface area contributed by atoms with Gasteiger partial charge in [0.25, 0.3) is 0 Å². The molecule has 2 rings (SSSR count). The van der Waals surface area contributed by atoms with Crippen LogP contribution in [0.25, 0.3) is 0 Å². The molecule has 0 saturated carbocycles. The molecule has 0 saturated heterocycles. The van der Waals surface area contributed by atoms with Crippen molar-refractivity contribution in [1.29, 1.82) is 0 Å². The molecule has 0 amide bonds. The standard InChI is InChI=1S/2C5H6N2O2/c1-3-2-6-5(9)7-4(3)8;1-3-2-4(8)7-5(9)6-3/h2*2H,1H3,(H2,6,7,8,9). The van der Waals surface area contributed by atoms with Gasteiger partial charge in [-0.2, -0.15) is 9.97 Å². The highest BCUT2D eigenvalue weighted by Crippen LogP contribution is 2.12. The van der Waals surface area contributed by atoms with E-state index in [1.807, 2.05) is 0 Å². The highest BCUT2D eigenvalue weighted by Gasteiger charge is 1.97. The summed E-state index contributed by atoms with van der Waals surface area (Å²) in [5.41, 5.74) is 1.09. The maximum Gasteiger partial charge on any atom is 0.317 e. The summed E-state index contributed by atoms with van der Waals surface area (Å²) in [6.45, 7) is 3.30. The quantitative estimate of drug-likeness (QED) is 0.529. The lowest BCUT2D eigenvalue weighted by Gasteiger charge is -1.93. The van der Waals surface area contributed by atoms with Crippen LogP contribution in [0.15, 0.2) is 12.3 Å². The summed E-state index contributed by atoms with van der Waals surface area (Å²) in [6.07, 6.45) is 1.34. The zero-order chi connectivity index (χ0) is 13.7. The summed E-state index contributed by atoms with van der Waals surface area (Å²) in [6, 6.07) is 0.560. The Labute approximate surface area is 102 Å². The minimum Gasteiger partial charge on any atom is -0.493 e. The molecule has 0 aliphatic heterocycles. The Hall–Kier alpha value is -2.64. The Balaban J connectivity index is 0.000000180. The summed E-state index contributed by atoms with van der Waals surface area (Å²) in [5, 5.41) is 34.6. The third-order valence-electron chi connectivity index (χ3n) is 1.76. The van der Waals surface area contributed by atoms with Crippen LogP contribution in [0.5, 0.6) is 23.8 Å². The number of hydrogen-bond acceptors (Lipinski definition) is 8. The molecule has 96 valence electrons. The molecule has 0 aliphatic rings. The first-order valence-corrected chi connectivity index (χ1v) is 4.83. The van der Waals surface area contributed by atoms with Crippen molar-refractivity contribution in [1.82, 2.24) is 19.9 Å². The van der Waals surface area contributed by atoms with Crippen LogP contribution in [0.1, 0.15) is 11.3 Å². The normalized spacial score (nSPS) is 9.44. The van der Waals surface area contributed by atoms with Gasteiger partial charge >= 0.3 is 12.0 Å². The molecule has 8 nitrogen and oxygen atoms in total. The van der Waals surface area contributed by atoms with E-state index in [2.05, 4.69) is 19.9 Å². The maximum atomic E-state index is 8.79. The van der Waals surface area contributed by atoms with Gasteiger partial charge in [0.2, 0.25) is 11.8 Å². The summed E-state index contributed by atoms with van der Waals surface area (Å²) in [4.78, 5) is 13.5. The predicted octanol–water partition coefficient (Wildman–Crippen LogP) is 0.392. The van der Waals surface area contributed by atoms with Gasteiger partial charge in [-0.3, -0.25) is 0 Å². The SMILES string of the molecule is Cc1cc(O)nc(O)n1.Cc1cnc(O)nc1O. The summed E-state index contributed by atoms with van der Waals surface area (Å²) >= 11 is 0. The predicted molar refractivity (Wildman–Crippen MR) is 60.2 cm³/mol. The van der Waals surface area contributed by atoms with Gasteiger partial charge in [0, 0.05) is 23.5 Å². The molecule has 2 aromatic heterocycles. The monoisotopic (exact) mass is 252 g/mol. The molecule has 2 heterocycles. The van der Waals surface area contributed by atoms with E-state index in [0.717, 1.165) is 0 Å². The molecule has 4 N–H and O–H groups in total. The molecule has 0 bridgehead atoms. The molecule has 18 heavy (non-hydrogen) atoms. The smallest absolute Gasteiger partial charge is 0.317 e. The maximum absolute atomic E-state index is 8.79. The first-order chi connectivity index (χ1) is 8.38. The fraction of sp³-hybridized carbons (Fsp3) is 0.200. The average Bonchev–Trinajstić information content (AvgIpc) is 2.23. The second-order valence-corrected chi connectivity index (χ2v) is 3.34. The highest BCUT2D eigenvalue weighted by molar-refractivity contribution is 5.20. The zero-order valence-corrected chi connectivity index (χ0v) is 9.73. The third kappa shape index (κ3) is 4.08. The van der Waals surface area contributed by atoms with Gasteiger partial charge in [-0.25, -0.2) is 9.97 Å². The number of hydrogen-bond donors (Lipinski definition) is 4. The van der Waals surface area contributed by atoms with Crippen molar-refractivity contribution in [2.45, 2.75) is 13.8 Å². The van der Waals surface area contributed by atoms with Crippen molar-refractivity contribution in [3.8, 4) is 23.8 Å². The Morgan fingerprint density at radius 2 is 1.56 bits per heavy atom. The van der Waals surface area contributed by atoms with Crippen LogP contribution < -0.4 is 0 Å². The number of aromatic hydroxyl groups is 4. The fourth-order valence-corrected chi connectivity index (χ4v) is 0.961. The Morgan fingerprint density at radius 3 is 2.00 bits per heavy atom. The van der Waals surface area contributed by atoms with E-state index in [1.165, 1.54) is 12.3 Å². The third-order valence-corrected chi connectivity index (χ3v) is 1.76. The molecule has 8 heteroatoms. The van der Waals surface area contributed by atoms with E-state index in [0.29, 0.717) is 11.3 Å². The number of nitrogens with zero attached hydrogens (tertiary/aromatic N) is 4. The van der Waals surface area contributed by atoms with Crippen molar-refractivity contribution in [2.75, 3.05) is 0 Å². The Kier molecular flexibility index (Phi) is 4.19. The Bertz CT molecular complexity index is 497. The van der Waals surface area contributed by atoms with E-state index in [1.54, 1.807) is 13.8 Å². The van der Waals surface area contributed by atoms with Crippen molar-refractivity contribution in [3.63, 3.8) is 0 Å². The van der Waals surface area contributed by atoms with Gasteiger partial charge in [-0.05, 0) is 13.8 Å². The molecule has 0 radical (unpaired) electrons. The van der Waals surface area contributed by atoms with Crippen molar-refractivity contribution in [2.24, 2.45) is 0 Å². The van der Waals surface area contributed by atoms with Crippen LogP contribution in [0.4, 0.5) is 0 Å². The van der Waals surface area contributed by atoms with Crippen LogP contribution in [0.2, 0.25) is 0 Å². The molecule has 0 atom stereocenters. The number of aryl methyl sites for hydroxylation is 2. The molecule has 0 spiro atoms. The Morgan fingerprint density at radius 1 is 0.889 bits per heavy atom. The zero-order valence-electron chi connectivity index (χ0n) is 9.73. The largest absolute Gasteiger partial charge is 0.493 e. The molecule has 0 aliphatic carbocycles. The summed E-state index contributed by atoms with van der Waals surface area (Å²) in [5.74, 6) is -0.387. The second kappa shape index (κ2) is 5.62. The molecule has 0 aromatic carbocycles. The van der Waals surface area contributed by atoms with E-state index < -0.39 is 12.0 Å². The molecular formula is C10H12N4O4. The van der Waals surface area contributed by atoms with Gasteiger partial charge < -0.3 is 20.4 Å². The van der Waals surface area contributed by atoms with Gasteiger partial charge in [0.15, 0.2) is 0 Å². The first-order valence-electron chi connectivity index (χ1n) is 4.83. The lowest BCUT2D eigenvalue weighted by Crippen LogP contribution is -1.83. The van der Waals surface area contributed by atoms with Crippen LogP contribution in [-0.2, 0) is 0 Å².